The van der Waals surface area contributed by atoms with E-state index < -0.39 is 5.60 Å². The van der Waals surface area contributed by atoms with Gasteiger partial charge in [-0.25, -0.2) is 0 Å². The molecule has 2 nitrogen and oxygen atoms in total. The van der Waals surface area contributed by atoms with E-state index in [2.05, 4.69) is 20.8 Å². The average molecular weight is 186 g/mol. The van der Waals surface area contributed by atoms with Gasteiger partial charge < -0.3 is 10.2 Å². The number of aliphatic hydroxyl groups excluding tert-OH is 1. The van der Waals surface area contributed by atoms with Gasteiger partial charge in [-0.2, -0.15) is 0 Å². The van der Waals surface area contributed by atoms with Gasteiger partial charge in [-0.1, -0.05) is 20.8 Å². The number of aliphatic hydroxyl groups is 2. The molecule has 1 rings (SSSR count). The molecule has 0 aromatic carbocycles. The van der Waals surface area contributed by atoms with Crippen LogP contribution in [0.4, 0.5) is 0 Å². The fourth-order valence-corrected chi connectivity index (χ4v) is 2.28. The van der Waals surface area contributed by atoms with Gasteiger partial charge in [-0.05, 0) is 31.1 Å². The zero-order chi connectivity index (χ0) is 10.3. The lowest BCUT2D eigenvalue weighted by molar-refractivity contribution is -0.0741. The van der Waals surface area contributed by atoms with E-state index in [4.69, 9.17) is 0 Å². The first-order chi connectivity index (χ1) is 5.71. The molecule has 0 bridgehead atoms. The summed E-state index contributed by atoms with van der Waals surface area (Å²) in [6, 6.07) is 0. The number of rotatable bonds is 0. The minimum absolute atomic E-state index is 0.186. The van der Waals surface area contributed by atoms with Gasteiger partial charge >= 0.3 is 0 Å². The molecule has 0 spiro atoms. The molecule has 78 valence electrons. The predicted octanol–water partition coefficient (Wildman–Crippen LogP) is 1.94. The van der Waals surface area contributed by atoms with E-state index in [-0.39, 0.29) is 11.5 Å². The Bertz CT molecular complexity index is 179. The van der Waals surface area contributed by atoms with Crippen molar-refractivity contribution in [2.24, 2.45) is 11.3 Å². The highest BCUT2D eigenvalue weighted by molar-refractivity contribution is 4.91. The molecule has 1 saturated carbocycles. The Kier molecular flexibility index (Phi) is 2.75. The largest absolute Gasteiger partial charge is 0.393 e. The first-order valence-corrected chi connectivity index (χ1v) is 5.11. The lowest BCUT2D eigenvalue weighted by Crippen LogP contribution is -2.42. The molecule has 0 aromatic rings. The molecule has 0 aliphatic heterocycles. The van der Waals surface area contributed by atoms with Crippen molar-refractivity contribution in [1.29, 1.82) is 0 Å². The van der Waals surface area contributed by atoms with Crippen LogP contribution in [0.3, 0.4) is 0 Å². The van der Waals surface area contributed by atoms with Crippen molar-refractivity contribution >= 4 is 0 Å². The monoisotopic (exact) mass is 186 g/mol. The van der Waals surface area contributed by atoms with Gasteiger partial charge in [0.05, 0.1) is 11.7 Å². The van der Waals surface area contributed by atoms with Crippen LogP contribution in [0, 0.1) is 11.3 Å². The molecule has 13 heavy (non-hydrogen) atoms. The highest BCUT2D eigenvalue weighted by Crippen LogP contribution is 2.41. The first kappa shape index (κ1) is 11.0. The lowest BCUT2D eigenvalue weighted by Gasteiger charge is -2.42. The molecular formula is C11H22O2. The van der Waals surface area contributed by atoms with Gasteiger partial charge in [0, 0.05) is 6.42 Å². The Labute approximate surface area is 81.0 Å². The van der Waals surface area contributed by atoms with Gasteiger partial charge in [-0.15, -0.1) is 0 Å². The summed E-state index contributed by atoms with van der Waals surface area (Å²) >= 11 is 0. The quantitative estimate of drug-likeness (QED) is 0.607. The molecular weight excluding hydrogens is 164 g/mol. The fraction of sp³-hybridized carbons (Fsp3) is 1.00. The molecule has 0 radical (unpaired) electrons. The Morgan fingerprint density at radius 2 is 1.77 bits per heavy atom. The molecule has 0 unspecified atom stereocenters. The normalized spacial score (nSPS) is 42.0. The van der Waals surface area contributed by atoms with E-state index in [9.17, 15) is 10.2 Å². The van der Waals surface area contributed by atoms with Gasteiger partial charge in [0.1, 0.15) is 0 Å². The summed E-state index contributed by atoms with van der Waals surface area (Å²) in [5.74, 6) is 0.422. The summed E-state index contributed by atoms with van der Waals surface area (Å²) in [6.07, 6.45) is 1.85. The summed E-state index contributed by atoms with van der Waals surface area (Å²) in [4.78, 5) is 0. The third-order valence-corrected chi connectivity index (χ3v) is 3.14. The molecule has 0 amide bonds. The van der Waals surface area contributed by atoms with Gasteiger partial charge in [0.25, 0.3) is 0 Å². The maximum Gasteiger partial charge on any atom is 0.0647 e. The number of hydrogen-bond donors (Lipinski definition) is 2. The highest BCUT2D eigenvalue weighted by Gasteiger charge is 2.39. The second-order valence-corrected chi connectivity index (χ2v) is 5.86. The van der Waals surface area contributed by atoms with Crippen LogP contribution < -0.4 is 0 Å². The molecule has 1 fully saturated rings. The van der Waals surface area contributed by atoms with Crippen LogP contribution in [0.25, 0.3) is 0 Å². The van der Waals surface area contributed by atoms with Crippen LogP contribution in [-0.2, 0) is 0 Å². The van der Waals surface area contributed by atoms with E-state index in [1.807, 2.05) is 6.92 Å². The van der Waals surface area contributed by atoms with Crippen LogP contribution in [-0.4, -0.2) is 21.9 Å². The molecule has 0 saturated heterocycles. The standard InChI is InChI=1S/C11H22O2/c1-10(2,3)8-5-9(12)7-11(4,13)6-8/h8-9,12-13H,5-7H2,1-4H3/t8-,9-,11+/m1/s1. The SMILES string of the molecule is CC(C)(C)[C@@H]1C[C@@H](O)C[C@@](C)(O)C1. The second kappa shape index (κ2) is 3.25. The van der Waals surface area contributed by atoms with Crippen molar-refractivity contribution in [3.05, 3.63) is 0 Å². The van der Waals surface area contributed by atoms with Crippen LogP contribution >= 0.6 is 0 Å². The van der Waals surface area contributed by atoms with E-state index in [0.29, 0.717) is 12.3 Å². The first-order valence-electron chi connectivity index (χ1n) is 5.11. The van der Waals surface area contributed by atoms with E-state index in [0.717, 1.165) is 12.8 Å². The Morgan fingerprint density at radius 3 is 2.15 bits per heavy atom. The maximum atomic E-state index is 9.92. The summed E-state index contributed by atoms with van der Waals surface area (Å²) in [5.41, 5.74) is -0.485. The number of hydrogen-bond acceptors (Lipinski definition) is 2. The van der Waals surface area contributed by atoms with E-state index in [1.165, 1.54) is 0 Å². The summed E-state index contributed by atoms with van der Waals surface area (Å²) in [7, 11) is 0. The minimum atomic E-state index is -0.671. The predicted molar refractivity (Wildman–Crippen MR) is 53.4 cm³/mol. The van der Waals surface area contributed by atoms with E-state index >= 15 is 0 Å². The third-order valence-electron chi connectivity index (χ3n) is 3.14. The average Bonchev–Trinajstić information content (AvgIpc) is 1.79. The van der Waals surface area contributed by atoms with Gasteiger partial charge in [-0.3, -0.25) is 0 Å². The van der Waals surface area contributed by atoms with Crippen molar-refractivity contribution in [2.75, 3.05) is 0 Å². The summed E-state index contributed by atoms with van der Waals surface area (Å²) in [6.45, 7) is 8.34. The third kappa shape index (κ3) is 2.96. The highest BCUT2D eigenvalue weighted by atomic mass is 16.3. The van der Waals surface area contributed by atoms with Gasteiger partial charge in [0.2, 0.25) is 0 Å². The van der Waals surface area contributed by atoms with Crippen molar-refractivity contribution in [3.63, 3.8) is 0 Å². The Hall–Kier alpha value is -0.0800. The van der Waals surface area contributed by atoms with Crippen molar-refractivity contribution in [3.8, 4) is 0 Å². The van der Waals surface area contributed by atoms with E-state index in [1.54, 1.807) is 0 Å². The maximum absolute atomic E-state index is 9.92. The molecule has 2 N–H and O–H groups in total. The fourth-order valence-electron chi connectivity index (χ4n) is 2.28. The minimum Gasteiger partial charge on any atom is -0.393 e. The second-order valence-electron chi connectivity index (χ2n) is 5.86. The zero-order valence-electron chi connectivity index (χ0n) is 9.17. The Balaban J connectivity index is 2.69. The molecule has 3 atom stereocenters. The van der Waals surface area contributed by atoms with Crippen LogP contribution in [0.2, 0.25) is 0 Å². The molecule has 1 aliphatic rings. The van der Waals surface area contributed by atoms with Crippen molar-refractivity contribution in [1.82, 2.24) is 0 Å². The molecule has 0 heterocycles. The lowest BCUT2D eigenvalue weighted by atomic mass is 9.67. The summed E-state index contributed by atoms with van der Waals surface area (Å²) in [5, 5.41) is 19.5. The zero-order valence-corrected chi connectivity index (χ0v) is 9.17. The molecule has 0 aromatic heterocycles. The van der Waals surface area contributed by atoms with Crippen LogP contribution in [0.1, 0.15) is 47.0 Å². The van der Waals surface area contributed by atoms with Crippen molar-refractivity contribution < 1.29 is 10.2 Å². The van der Waals surface area contributed by atoms with Crippen LogP contribution in [0.15, 0.2) is 0 Å². The summed E-state index contributed by atoms with van der Waals surface area (Å²) < 4.78 is 0. The topological polar surface area (TPSA) is 40.5 Å². The smallest absolute Gasteiger partial charge is 0.0647 e. The molecule has 1 aliphatic carbocycles. The Morgan fingerprint density at radius 1 is 1.23 bits per heavy atom. The molecule has 2 heteroatoms. The van der Waals surface area contributed by atoms with Crippen LogP contribution in [0.5, 0.6) is 0 Å². The van der Waals surface area contributed by atoms with Crippen molar-refractivity contribution in [2.45, 2.75) is 58.7 Å². The van der Waals surface area contributed by atoms with Gasteiger partial charge in [0.15, 0.2) is 0 Å².